The van der Waals surface area contributed by atoms with Crippen LogP contribution in [0.15, 0.2) is 36.4 Å². The standard InChI is InChI=1S/C19H21FN2O2/c1-12-8-9-15(10-16(12)20)19(24)22(4)11-17(23)21-18-13(2)6-5-7-14(18)3/h5-10H,11H2,1-4H3,(H,21,23). The highest BCUT2D eigenvalue weighted by atomic mass is 19.1. The molecule has 126 valence electrons. The van der Waals surface area contributed by atoms with Crippen LogP contribution in [0.25, 0.3) is 0 Å². The highest BCUT2D eigenvalue weighted by molar-refractivity contribution is 5.99. The van der Waals surface area contributed by atoms with Crippen LogP contribution in [0, 0.1) is 26.6 Å². The van der Waals surface area contributed by atoms with Crippen molar-refractivity contribution in [2.24, 2.45) is 0 Å². The molecule has 0 fully saturated rings. The predicted molar refractivity (Wildman–Crippen MR) is 92.6 cm³/mol. The zero-order valence-electron chi connectivity index (χ0n) is 14.3. The third-order valence-corrected chi connectivity index (χ3v) is 3.89. The molecule has 0 unspecified atom stereocenters. The van der Waals surface area contributed by atoms with E-state index in [4.69, 9.17) is 0 Å². The Morgan fingerprint density at radius 1 is 1.04 bits per heavy atom. The van der Waals surface area contributed by atoms with Gasteiger partial charge in [0.25, 0.3) is 5.91 Å². The Labute approximate surface area is 141 Å². The molecule has 1 N–H and O–H groups in total. The quantitative estimate of drug-likeness (QED) is 0.934. The number of hydrogen-bond donors (Lipinski definition) is 1. The highest BCUT2D eigenvalue weighted by Crippen LogP contribution is 2.19. The summed E-state index contributed by atoms with van der Waals surface area (Å²) in [5.74, 6) is -1.13. The Morgan fingerprint density at radius 2 is 1.67 bits per heavy atom. The van der Waals surface area contributed by atoms with Gasteiger partial charge >= 0.3 is 0 Å². The van der Waals surface area contributed by atoms with Crippen molar-refractivity contribution in [2.45, 2.75) is 20.8 Å². The Balaban J connectivity index is 2.05. The maximum atomic E-state index is 13.6. The number of halogens is 1. The van der Waals surface area contributed by atoms with Gasteiger partial charge in [0.2, 0.25) is 5.91 Å². The van der Waals surface area contributed by atoms with Gasteiger partial charge < -0.3 is 10.2 Å². The van der Waals surface area contributed by atoms with E-state index < -0.39 is 11.7 Å². The largest absolute Gasteiger partial charge is 0.332 e. The highest BCUT2D eigenvalue weighted by Gasteiger charge is 2.17. The zero-order valence-corrected chi connectivity index (χ0v) is 14.3. The van der Waals surface area contributed by atoms with E-state index in [1.807, 2.05) is 32.0 Å². The van der Waals surface area contributed by atoms with Gasteiger partial charge in [-0.2, -0.15) is 0 Å². The zero-order chi connectivity index (χ0) is 17.9. The lowest BCUT2D eigenvalue weighted by molar-refractivity contribution is -0.116. The molecule has 0 aliphatic carbocycles. The van der Waals surface area contributed by atoms with E-state index in [1.54, 1.807) is 19.1 Å². The number of hydrogen-bond acceptors (Lipinski definition) is 2. The summed E-state index contributed by atoms with van der Waals surface area (Å²) in [6, 6.07) is 10.0. The number of nitrogens with one attached hydrogen (secondary N) is 1. The molecule has 0 heterocycles. The van der Waals surface area contributed by atoms with E-state index in [0.717, 1.165) is 16.8 Å². The lowest BCUT2D eigenvalue weighted by Gasteiger charge is -2.18. The molecule has 0 aromatic heterocycles. The van der Waals surface area contributed by atoms with Crippen molar-refractivity contribution in [3.8, 4) is 0 Å². The van der Waals surface area contributed by atoms with Gasteiger partial charge in [0, 0.05) is 18.3 Å². The monoisotopic (exact) mass is 328 g/mol. The average molecular weight is 328 g/mol. The number of carbonyl (C=O) groups excluding carboxylic acids is 2. The van der Waals surface area contributed by atoms with Crippen LogP contribution in [-0.2, 0) is 4.79 Å². The minimum atomic E-state index is -0.436. The summed E-state index contributed by atoms with van der Waals surface area (Å²) in [5, 5.41) is 2.83. The van der Waals surface area contributed by atoms with E-state index in [1.165, 1.54) is 18.0 Å². The second-order valence-electron chi connectivity index (χ2n) is 5.94. The third-order valence-electron chi connectivity index (χ3n) is 3.89. The number of para-hydroxylation sites is 1. The molecular weight excluding hydrogens is 307 g/mol. The number of carbonyl (C=O) groups is 2. The molecule has 4 nitrogen and oxygen atoms in total. The molecule has 2 aromatic rings. The lowest BCUT2D eigenvalue weighted by Crippen LogP contribution is -2.35. The van der Waals surface area contributed by atoms with Crippen LogP contribution < -0.4 is 5.32 Å². The SMILES string of the molecule is Cc1ccc(C(=O)N(C)CC(=O)Nc2c(C)cccc2C)cc1F. The summed E-state index contributed by atoms with van der Waals surface area (Å²) in [6.07, 6.45) is 0. The summed E-state index contributed by atoms with van der Waals surface area (Å²) < 4.78 is 13.6. The molecule has 2 amide bonds. The first-order valence-electron chi connectivity index (χ1n) is 7.67. The van der Waals surface area contributed by atoms with Crippen molar-refractivity contribution >= 4 is 17.5 Å². The van der Waals surface area contributed by atoms with Gasteiger partial charge in [0.1, 0.15) is 5.82 Å². The number of nitrogens with zero attached hydrogens (tertiary/aromatic N) is 1. The molecule has 0 bridgehead atoms. The summed E-state index contributed by atoms with van der Waals surface area (Å²) in [4.78, 5) is 25.8. The van der Waals surface area contributed by atoms with Gasteiger partial charge in [-0.05, 0) is 49.6 Å². The first-order chi connectivity index (χ1) is 11.3. The number of anilines is 1. The number of rotatable bonds is 4. The summed E-state index contributed by atoms with van der Waals surface area (Å²) >= 11 is 0. The Bertz CT molecular complexity index is 767. The minimum Gasteiger partial charge on any atom is -0.332 e. The van der Waals surface area contributed by atoms with Crippen LogP contribution in [0.2, 0.25) is 0 Å². The van der Waals surface area contributed by atoms with Crippen molar-refractivity contribution in [3.63, 3.8) is 0 Å². The molecule has 0 aliphatic rings. The predicted octanol–water partition coefficient (Wildman–Crippen LogP) is 3.46. The second kappa shape index (κ2) is 7.25. The minimum absolute atomic E-state index is 0.109. The van der Waals surface area contributed by atoms with Crippen molar-refractivity contribution in [1.29, 1.82) is 0 Å². The normalized spacial score (nSPS) is 10.4. The fourth-order valence-electron chi connectivity index (χ4n) is 2.42. The number of amides is 2. The summed E-state index contributed by atoms with van der Waals surface area (Å²) in [7, 11) is 1.52. The van der Waals surface area contributed by atoms with Crippen molar-refractivity contribution < 1.29 is 14.0 Å². The molecule has 0 atom stereocenters. The van der Waals surface area contributed by atoms with Gasteiger partial charge in [-0.15, -0.1) is 0 Å². The average Bonchev–Trinajstić information content (AvgIpc) is 2.53. The number of benzene rings is 2. The lowest BCUT2D eigenvalue weighted by atomic mass is 10.1. The van der Waals surface area contributed by atoms with Gasteiger partial charge in [-0.25, -0.2) is 4.39 Å². The van der Waals surface area contributed by atoms with E-state index in [9.17, 15) is 14.0 Å². The van der Waals surface area contributed by atoms with Crippen LogP contribution in [-0.4, -0.2) is 30.3 Å². The van der Waals surface area contributed by atoms with Gasteiger partial charge in [0.15, 0.2) is 0 Å². The van der Waals surface area contributed by atoms with E-state index in [2.05, 4.69) is 5.32 Å². The van der Waals surface area contributed by atoms with Crippen LogP contribution in [0.3, 0.4) is 0 Å². The molecule has 2 aromatic carbocycles. The van der Waals surface area contributed by atoms with Crippen LogP contribution >= 0.6 is 0 Å². The fourth-order valence-corrected chi connectivity index (χ4v) is 2.42. The second-order valence-corrected chi connectivity index (χ2v) is 5.94. The van der Waals surface area contributed by atoms with Crippen molar-refractivity contribution in [1.82, 2.24) is 4.90 Å². The van der Waals surface area contributed by atoms with Crippen molar-refractivity contribution in [3.05, 3.63) is 64.5 Å². The van der Waals surface area contributed by atoms with Crippen LogP contribution in [0.5, 0.6) is 0 Å². The number of likely N-dealkylation sites (N-methyl/N-ethyl adjacent to an activating group) is 1. The Hall–Kier alpha value is -2.69. The molecule has 0 saturated heterocycles. The number of aryl methyl sites for hydroxylation is 3. The van der Waals surface area contributed by atoms with E-state index in [0.29, 0.717) is 5.56 Å². The van der Waals surface area contributed by atoms with Gasteiger partial charge in [0.05, 0.1) is 6.54 Å². The smallest absolute Gasteiger partial charge is 0.254 e. The van der Waals surface area contributed by atoms with Crippen molar-refractivity contribution in [2.75, 3.05) is 18.9 Å². The summed E-state index contributed by atoms with van der Waals surface area (Å²) in [6.45, 7) is 5.34. The maximum absolute atomic E-state index is 13.6. The van der Waals surface area contributed by atoms with Crippen LogP contribution in [0.4, 0.5) is 10.1 Å². The maximum Gasteiger partial charge on any atom is 0.254 e. The molecule has 5 heteroatoms. The Morgan fingerprint density at radius 3 is 2.25 bits per heavy atom. The molecule has 24 heavy (non-hydrogen) atoms. The first-order valence-corrected chi connectivity index (χ1v) is 7.67. The van der Waals surface area contributed by atoms with Gasteiger partial charge in [-0.3, -0.25) is 9.59 Å². The molecule has 0 spiro atoms. The molecule has 0 aliphatic heterocycles. The first kappa shape index (κ1) is 17.7. The molecule has 0 radical (unpaired) electrons. The van der Waals surface area contributed by atoms with E-state index >= 15 is 0 Å². The van der Waals surface area contributed by atoms with E-state index in [-0.39, 0.29) is 18.0 Å². The topological polar surface area (TPSA) is 49.4 Å². The molecule has 0 saturated carbocycles. The van der Waals surface area contributed by atoms with Crippen LogP contribution in [0.1, 0.15) is 27.0 Å². The molecular formula is C19H21FN2O2. The van der Waals surface area contributed by atoms with Gasteiger partial charge in [-0.1, -0.05) is 24.3 Å². The summed E-state index contributed by atoms with van der Waals surface area (Å²) in [5.41, 5.74) is 3.36. The Kier molecular flexibility index (Phi) is 5.34. The molecule has 2 rings (SSSR count). The third kappa shape index (κ3) is 3.98. The fraction of sp³-hybridized carbons (Fsp3) is 0.263.